The highest BCUT2D eigenvalue weighted by atomic mass is 35.5. The Morgan fingerprint density at radius 3 is 2.00 bits per heavy atom. The van der Waals surface area contributed by atoms with Crippen molar-refractivity contribution in [2.75, 3.05) is 0 Å². The van der Waals surface area contributed by atoms with Crippen LogP contribution < -0.4 is 0 Å². The monoisotopic (exact) mass is 290 g/mol. The van der Waals surface area contributed by atoms with Gasteiger partial charge in [0.05, 0.1) is 0 Å². The minimum Gasteiger partial charge on any atom is -0.206 e. The van der Waals surface area contributed by atoms with Gasteiger partial charge in [-0.05, 0) is 29.8 Å². The van der Waals surface area contributed by atoms with Gasteiger partial charge in [0, 0.05) is 21.2 Å². The van der Waals surface area contributed by atoms with Crippen molar-refractivity contribution in [1.29, 1.82) is 0 Å². The molecule has 0 heterocycles. The molecular formula is C13H7Cl2F3. The SMILES string of the molecule is Fc1cc(C(F)F)ccc1-c1cc(Cl)cc(Cl)c1. The van der Waals surface area contributed by atoms with Crippen LogP contribution >= 0.6 is 23.2 Å². The lowest BCUT2D eigenvalue weighted by Gasteiger charge is -2.07. The first-order valence-corrected chi connectivity index (χ1v) is 5.77. The molecule has 0 atom stereocenters. The number of hydrogen-bond acceptors (Lipinski definition) is 0. The quantitative estimate of drug-likeness (QED) is 0.662. The van der Waals surface area contributed by atoms with Gasteiger partial charge in [0.25, 0.3) is 6.43 Å². The van der Waals surface area contributed by atoms with Crippen molar-refractivity contribution in [3.8, 4) is 11.1 Å². The van der Waals surface area contributed by atoms with Gasteiger partial charge in [-0.15, -0.1) is 0 Å². The summed E-state index contributed by atoms with van der Waals surface area (Å²) in [6.45, 7) is 0. The van der Waals surface area contributed by atoms with E-state index in [1.807, 2.05) is 0 Å². The molecule has 0 aliphatic rings. The molecule has 0 N–H and O–H groups in total. The summed E-state index contributed by atoms with van der Waals surface area (Å²) < 4.78 is 38.5. The van der Waals surface area contributed by atoms with E-state index in [0.29, 0.717) is 15.6 Å². The molecule has 0 unspecified atom stereocenters. The smallest absolute Gasteiger partial charge is 0.206 e. The Morgan fingerprint density at radius 2 is 1.50 bits per heavy atom. The summed E-state index contributed by atoms with van der Waals surface area (Å²) >= 11 is 11.6. The van der Waals surface area contributed by atoms with E-state index in [2.05, 4.69) is 0 Å². The van der Waals surface area contributed by atoms with Crippen LogP contribution in [0.2, 0.25) is 10.0 Å². The fraction of sp³-hybridized carbons (Fsp3) is 0.0769. The Labute approximate surface area is 112 Å². The van der Waals surface area contributed by atoms with E-state index in [-0.39, 0.29) is 11.1 Å². The van der Waals surface area contributed by atoms with Crippen LogP contribution in [-0.4, -0.2) is 0 Å². The Kier molecular flexibility index (Phi) is 3.83. The van der Waals surface area contributed by atoms with Crippen LogP contribution in [0.1, 0.15) is 12.0 Å². The fourth-order valence-electron chi connectivity index (χ4n) is 1.61. The average Bonchev–Trinajstić information content (AvgIpc) is 2.27. The van der Waals surface area contributed by atoms with Gasteiger partial charge in [-0.3, -0.25) is 0 Å². The predicted molar refractivity (Wildman–Crippen MR) is 66.8 cm³/mol. The van der Waals surface area contributed by atoms with Gasteiger partial charge in [-0.2, -0.15) is 0 Å². The molecule has 5 heteroatoms. The van der Waals surface area contributed by atoms with E-state index in [9.17, 15) is 13.2 Å². The van der Waals surface area contributed by atoms with Crippen molar-refractivity contribution >= 4 is 23.2 Å². The van der Waals surface area contributed by atoms with Crippen molar-refractivity contribution in [3.63, 3.8) is 0 Å². The molecule has 0 bridgehead atoms. The van der Waals surface area contributed by atoms with Crippen LogP contribution in [0, 0.1) is 5.82 Å². The Hall–Kier alpha value is -1.19. The molecule has 0 saturated carbocycles. The van der Waals surface area contributed by atoms with Crippen LogP contribution in [0.25, 0.3) is 11.1 Å². The van der Waals surface area contributed by atoms with Crippen LogP contribution in [-0.2, 0) is 0 Å². The van der Waals surface area contributed by atoms with Gasteiger partial charge >= 0.3 is 0 Å². The first-order chi connectivity index (χ1) is 8.47. The van der Waals surface area contributed by atoms with Gasteiger partial charge < -0.3 is 0 Å². The van der Waals surface area contributed by atoms with Gasteiger partial charge in [0.1, 0.15) is 5.82 Å². The minimum absolute atomic E-state index is 0.184. The van der Waals surface area contributed by atoms with Crippen molar-refractivity contribution in [1.82, 2.24) is 0 Å². The molecule has 0 amide bonds. The summed E-state index contributed by atoms with van der Waals surface area (Å²) in [5, 5.41) is 0.713. The second-order valence-corrected chi connectivity index (χ2v) is 4.57. The van der Waals surface area contributed by atoms with Crippen LogP contribution in [0.4, 0.5) is 13.2 Å². The first-order valence-electron chi connectivity index (χ1n) is 5.01. The molecule has 2 aromatic carbocycles. The van der Waals surface area contributed by atoms with Crippen molar-refractivity contribution in [2.45, 2.75) is 6.43 Å². The highest BCUT2D eigenvalue weighted by Crippen LogP contribution is 2.31. The average molecular weight is 291 g/mol. The summed E-state index contributed by atoms with van der Waals surface area (Å²) in [7, 11) is 0. The molecule has 18 heavy (non-hydrogen) atoms. The third-order valence-electron chi connectivity index (χ3n) is 2.42. The van der Waals surface area contributed by atoms with E-state index < -0.39 is 12.2 Å². The zero-order chi connectivity index (χ0) is 13.3. The van der Waals surface area contributed by atoms with Crippen LogP contribution in [0.15, 0.2) is 36.4 Å². The lowest BCUT2D eigenvalue weighted by Crippen LogP contribution is -1.90. The van der Waals surface area contributed by atoms with Gasteiger partial charge in [-0.1, -0.05) is 35.3 Å². The normalized spacial score (nSPS) is 11.0. The highest BCUT2D eigenvalue weighted by Gasteiger charge is 2.12. The third kappa shape index (κ3) is 2.79. The molecule has 2 aromatic rings. The largest absolute Gasteiger partial charge is 0.263 e. The molecule has 0 aromatic heterocycles. The van der Waals surface area contributed by atoms with Crippen LogP contribution in [0.3, 0.4) is 0 Å². The second-order valence-electron chi connectivity index (χ2n) is 3.70. The van der Waals surface area contributed by atoms with E-state index >= 15 is 0 Å². The number of hydrogen-bond donors (Lipinski definition) is 0. The Morgan fingerprint density at radius 1 is 0.889 bits per heavy atom. The standard InChI is InChI=1S/C13H7Cl2F3/c14-9-3-8(4-10(15)6-9)11-2-1-7(13(17)18)5-12(11)16/h1-6,13H. The lowest BCUT2D eigenvalue weighted by molar-refractivity contribution is 0.151. The molecule has 0 nitrogen and oxygen atoms in total. The number of halogens is 5. The highest BCUT2D eigenvalue weighted by molar-refractivity contribution is 6.35. The maximum absolute atomic E-state index is 13.7. The van der Waals surface area contributed by atoms with Gasteiger partial charge in [0.2, 0.25) is 0 Å². The van der Waals surface area contributed by atoms with Crippen molar-refractivity contribution in [3.05, 3.63) is 57.8 Å². The van der Waals surface area contributed by atoms with E-state index in [1.165, 1.54) is 30.3 Å². The number of alkyl halides is 2. The lowest BCUT2D eigenvalue weighted by atomic mass is 10.0. The van der Waals surface area contributed by atoms with Gasteiger partial charge in [0.15, 0.2) is 0 Å². The van der Waals surface area contributed by atoms with Crippen molar-refractivity contribution in [2.24, 2.45) is 0 Å². The zero-order valence-corrected chi connectivity index (χ0v) is 10.4. The Balaban J connectivity index is 2.51. The molecule has 0 fully saturated rings. The third-order valence-corrected chi connectivity index (χ3v) is 2.86. The minimum atomic E-state index is -2.70. The molecule has 0 saturated heterocycles. The van der Waals surface area contributed by atoms with E-state index in [0.717, 1.165) is 6.07 Å². The molecule has 94 valence electrons. The molecule has 0 radical (unpaired) electrons. The summed E-state index contributed by atoms with van der Waals surface area (Å²) in [6.07, 6.45) is -2.70. The van der Waals surface area contributed by atoms with Gasteiger partial charge in [-0.25, -0.2) is 13.2 Å². The van der Waals surface area contributed by atoms with E-state index in [1.54, 1.807) is 0 Å². The summed E-state index contributed by atoms with van der Waals surface area (Å²) in [5.41, 5.74) is 0.277. The molecule has 0 aliphatic carbocycles. The first kappa shape index (κ1) is 13.2. The number of rotatable bonds is 2. The predicted octanol–water partition coefficient (Wildman–Crippen LogP) is 5.74. The molecule has 0 spiro atoms. The van der Waals surface area contributed by atoms with Crippen LogP contribution in [0.5, 0.6) is 0 Å². The topological polar surface area (TPSA) is 0 Å². The Bertz CT molecular complexity index is 562. The summed E-state index contributed by atoms with van der Waals surface area (Å²) in [5.74, 6) is -0.730. The second kappa shape index (κ2) is 5.21. The molecule has 0 aliphatic heterocycles. The maximum Gasteiger partial charge on any atom is 0.263 e. The fourth-order valence-corrected chi connectivity index (χ4v) is 2.14. The molecular weight excluding hydrogens is 284 g/mol. The summed E-state index contributed by atoms with van der Waals surface area (Å²) in [6, 6.07) is 7.84. The molecule has 2 rings (SSSR count). The van der Waals surface area contributed by atoms with Crippen molar-refractivity contribution < 1.29 is 13.2 Å². The summed E-state index contributed by atoms with van der Waals surface area (Å²) in [4.78, 5) is 0. The zero-order valence-electron chi connectivity index (χ0n) is 8.93. The number of benzene rings is 2. The maximum atomic E-state index is 13.7. The van der Waals surface area contributed by atoms with E-state index in [4.69, 9.17) is 23.2 Å².